The number of nitrogens with two attached hydrogens (primary N) is 1. The molecule has 0 aliphatic heterocycles. The highest BCUT2D eigenvalue weighted by Crippen LogP contribution is 2.20. The van der Waals surface area contributed by atoms with E-state index in [0.29, 0.717) is 22.5 Å². The summed E-state index contributed by atoms with van der Waals surface area (Å²) in [4.78, 5) is 69.8. The van der Waals surface area contributed by atoms with Crippen LogP contribution in [-0.2, 0) is 44.9 Å². The minimum absolute atomic E-state index is 0.00831. The number of imidazole rings is 2. The number of carboxylic acids is 1. The predicted octanol–water partition coefficient (Wildman–Crippen LogP) is 0.457. The van der Waals surface area contributed by atoms with Crippen LogP contribution in [0.5, 0.6) is 5.75 Å². The summed E-state index contributed by atoms with van der Waals surface area (Å²) in [6.07, 6.45) is 7.77. The van der Waals surface area contributed by atoms with Crippen LogP contribution < -0.4 is 21.7 Å². The Bertz CT molecular complexity index is 1800. The molecule has 3 aromatic heterocycles. The van der Waals surface area contributed by atoms with Gasteiger partial charge in [0.15, 0.2) is 0 Å². The van der Waals surface area contributed by atoms with Crippen LogP contribution in [0.3, 0.4) is 0 Å². The number of phenols is 1. The molecule has 0 saturated carbocycles. The SMILES string of the molecule is NC(Cc1cnc[nH]1)C(=O)NC(Cc1cnc[nH]1)C(=O)NC(Cc1c[nH]c2ccccc12)C(=O)NC(Cc1ccc(O)cc1)C(=O)O. The van der Waals surface area contributed by atoms with Crippen LogP contribution in [0.2, 0.25) is 0 Å². The molecule has 0 bridgehead atoms. The van der Waals surface area contributed by atoms with Gasteiger partial charge in [-0.25, -0.2) is 14.8 Å². The molecule has 4 atom stereocenters. The van der Waals surface area contributed by atoms with E-state index in [0.717, 1.165) is 10.9 Å². The Morgan fingerprint density at radius 1 is 0.723 bits per heavy atom. The van der Waals surface area contributed by atoms with Crippen LogP contribution in [0.4, 0.5) is 0 Å². The molecular weight excluding hydrogens is 606 g/mol. The second-order valence-electron chi connectivity index (χ2n) is 11.1. The smallest absolute Gasteiger partial charge is 0.326 e. The van der Waals surface area contributed by atoms with E-state index in [1.54, 1.807) is 24.5 Å². The number of phenolic OH excluding ortho intramolecular Hbond substituents is 1. The van der Waals surface area contributed by atoms with Crippen molar-refractivity contribution in [2.24, 2.45) is 5.73 Å². The number of H-pyrrole nitrogens is 3. The lowest BCUT2D eigenvalue weighted by molar-refractivity contribution is -0.142. The van der Waals surface area contributed by atoms with Crippen molar-refractivity contribution in [2.45, 2.75) is 49.9 Å². The summed E-state index contributed by atoms with van der Waals surface area (Å²) in [5.74, 6) is -3.29. The first-order valence-corrected chi connectivity index (χ1v) is 14.8. The standard InChI is InChI=1S/C32H35N9O6/c33-24(11-20-14-34-16-37-20)29(43)39-27(12-21-15-35-17-38-21)31(45)40-26(10-19-13-36-25-4-2-1-3-23(19)25)30(44)41-28(32(46)47)9-18-5-7-22(42)8-6-18/h1-8,13-17,24,26-28,36,42H,9-12,33H2,(H,34,37)(H,35,38)(H,39,43)(H,40,45)(H,41,44)(H,46,47). The Balaban J connectivity index is 1.37. The summed E-state index contributed by atoms with van der Waals surface area (Å²) >= 11 is 0. The highest BCUT2D eigenvalue weighted by atomic mass is 16.4. The van der Waals surface area contributed by atoms with Gasteiger partial charge in [0.2, 0.25) is 17.7 Å². The van der Waals surface area contributed by atoms with E-state index in [1.807, 2.05) is 24.3 Å². The van der Waals surface area contributed by atoms with Gasteiger partial charge in [-0.3, -0.25) is 14.4 Å². The number of aromatic amines is 3. The first-order chi connectivity index (χ1) is 22.7. The number of hydrogen-bond acceptors (Lipinski definition) is 8. The van der Waals surface area contributed by atoms with E-state index in [9.17, 15) is 29.4 Å². The van der Waals surface area contributed by atoms with Crippen LogP contribution in [0.25, 0.3) is 10.9 Å². The number of rotatable bonds is 15. The lowest BCUT2D eigenvalue weighted by atomic mass is 10.0. The number of carbonyl (C=O) groups excluding carboxylic acids is 3. The van der Waals surface area contributed by atoms with E-state index in [-0.39, 0.29) is 31.4 Å². The fourth-order valence-electron chi connectivity index (χ4n) is 5.17. The van der Waals surface area contributed by atoms with Crippen molar-refractivity contribution in [2.75, 3.05) is 0 Å². The topological polar surface area (TPSA) is 244 Å². The molecule has 244 valence electrons. The Hall–Kier alpha value is -5.96. The van der Waals surface area contributed by atoms with Crippen LogP contribution >= 0.6 is 0 Å². The van der Waals surface area contributed by atoms with Gasteiger partial charge >= 0.3 is 5.97 Å². The lowest BCUT2D eigenvalue weighted by Gasteiger charge is -2.25. The van der Waals surface area contributed by atoms with Crippen molar-refractivity contribution in [3.8, 4) is 5.75 Å². The number of aromatic hydroxyl groups is 1. The molecule has 15 heteroatoms. The number of nitrogens with zero attached hydrogens (tertiary/aromatic N) is 2. The first kappa shape index (κ1) is 32.4. The van der Waals surface area contributed by atoms with Gasteiger partial charge < -0.3 is 46.8 Å². The number of carboxylic acid groups (broad SMARTS) is 1. The van der Waals surface area contributed by atoms with Gasteiger partial charge in [0, 0.05) is 66.6 Å². The second kappa shape index (κ2) is 14.9. The Kier molecular flexibility index (Phi) is 10.3. The Morgan fingerprint density at radius 3 is 1.96 bits per heavy atom. The van der Waals surface area contributed by atoms with E-state index < -0.39 is 47.9 Å². The minimum atomic E-state index is -1.34. The number of benzene rings is 2. The molecule has 0 fully saturated rings. The molecule has 0 radical (unpaired) electrons. The van der Waals surface area contributed by atoms with E-state index in [4.69, 9.17) is 5.73 Å². The zero-order chi connectivity index (χ0) is 33.3. The van der Waals surface area contributed by atoms with Crippen LogP contribution in [0, 0.1) is 0 Å². The monoisotopic (exact) mass is 641 g/mol. The minimum Gasteiger partial charge on any atom is -0.508 e. The van der Waals surface area contributed by atoms with E-state index in [2.05, 4.69) is 40.9 Å². The largest absolute Gasteiger partial charge is 0.508 e. The number of fused-ring (bicyclic) bond motifs is 1. The molecule has 5 aromatic rings. The average molecular weight is 642 g/mol. The van der Waals surface area contributed by atoms with Crippen molar-refractivity contribution < 1.29 is 29.4 Å². The molecule has 4 unspecified atom stereocenters. The number of hydrogen-bond donors (Lipinski definition) is 9. The fourth-order valence-corrected chi connectivity index (χ4v) is 5.17. The third-order valence-electron chi connectivity index (χ3n) is 7.67. The molecular formula is C32H35N9O6. The molecule has 0 spiro atoms. The summed E-state index contributed by atoms with van der Waals surface area (Å²) in [7, 11) is 0. The molecule has 3 amide bonds. The van der Waals surface area contributed by atoms with Gasteiger partial charge in [-0.1, -0.05) is 30.3 Å². The Morgan fingerprint density at radius 2 is 1.32 bits per heavy atom. The molecule has 2 aromatic carbocycles. The third kappa shape index (κ3) is 8.61. The molecule has 0 aliphatic carbocycles. The van der Waals surface area contributed by atoms with E-state index in [1.165, 1.54) is 31.0 Å². The van der Waals surface area contributed by atoms with Crippen molar-refractivity contribution >= 4 is 34.6 Å². The molecule has 10 N–H and O–H groups in total. The van der Waals surface area contributed by atoms with Crippen molar-refractivity contribution in [1.82, 2.24) is 40.9 Å². The Labute approximate surface area is 268 Å². The molecule has 0 saturated heterocycles. The highest BCUT2D eigenvalue weighted by Gasteiger charge is 2.31. The highest BCUT2D eigenvalue weighted by molar-refractivity contribution is 5.95. The third-order valence-corrected chi connectivity index (χ3v) is 7.67. The zero-order valence-electron chi connectivity index (χ0n) is 25.1. The number of nitrogens with one attached hydrogen (secondary N) is 6. The molecule has 0 aliphatic rings. The second-order valence-corrected chi connectivity index (χ2v) is 11.1. The fraction of sp³-hybridized carbons (Fsp3) is 0.250. The maximum Gasteiger partial charge on any atom is 0.326 e. The predicted molar refractivity (Wildman–Crippen MR) is 170 cm³/mol. The number of amides is 3. The number of aromatic nitrogens is 5. The summed E-state index contributed by atoms with van der Waals surface area (Å²) in [5, 5.41) is 28.3. The van der Waals surface area contributed by atoms with Crippen molar-refractivity contribution in [3.63, 3.8) is 0 Å². The van der Waals surface area contributed by atoms with E-state index >= 15 is 0 Å². The zero-order valence-corrected chi connectivity index (χ0v) is 25.1. The summed E-state index contributed by atoms with van der Waals surface area (Å²) in [6.45, 7) is 0. The molecule has 47 heavy (non-hydrogen) atoms. The summed E-state index contributed by atoms with van der Waals surface area (Å²) in [5.41, 5.74) is 9.41. The normalized spacial score (nSPS) is 13.7. The van der Waals surface area contributed by atoms with Gasteiger partial charge in [-0.2, -0.15) is 0 Å². The molecule has 5 rings (SSSR count). The van der Waals surface area contributed by atoms with Crippen LogP contribution in [0.15, 0.2) is 79.8 Å². The number of para-hydroxylation sites is 1. The maximum absolute atomic E-state index is 13.8. The quantitative estimate of drug-likeness (QED) is 0.0769. The summed E-state index contributed by atoms with van der Waals surface area (Å²) < 4.78 is 0. The van der Waals surface area contributed by atoms with Gasteiger partial charge in [-0.15, -0.1) is 0 Å². The van der Waals surface area contributed by atoms with Gasteiger partial charge in [0.1, 0.15) is 23.9 Å². The number of carbonyl (C=O) groups is 4. The van der Waals surface area contributed by atoms with Crippen LogP contribution in [0.1, 0.15) is 22.5 Å². The molecule has 3 heterocycles. The van der Waals surface area contributed by atoms with Crippen molar-refractivity contribution in [3.05, 3.63) is 102 Å². The van der Waals surface area contributed by atoms with Gasteiger partial charge in [0.05, 0.1) is 18.7 Å². The maximum atomic E-state index is 13.8. The molecule has 15 nitrogen and oxygen atoms in total. The average Bonchev–Trinajstić information content (AvgIpc) is 3.84. The summed E-state index contributed by atoms with van der Waals surface area (Å²) in [6, 6.07) is 8.65. The van der Waals surface area contributed by atoms with Gasteiger partial charge in [-0.05, 0) is 29.3 Å². The lowest BCUT2D eigenvalue weighted by Crippen LogP contribution is -2.58. The van der Waals surface area contributed by atoms with Crippen molar-refractivity contribution in [1.29, 1.82) is 0 Å². The first-order valence-electron chi connectivity index (χ1n) is 14.8. The van der Waals surface area contributed by atoms with Gasteiger partial charge in [0.25, 0.3) is 0 Å². The van der Waals surface area contributed by atoms with Crippen LogP contribution in [-0.4, -0.2) is 83.0 Å². The number of aliphatic carboxylic acids is 1.